The normalized spacial score (nSPS) is 20.6. The summed E-state index contributed by atoms with van der Waals surface area (Å²) in [6.45, 7) is 1.74. The van der Waals surface area contributed by atoms with Gasteiger partial charge in [0.2, 0.25) is 0 Å². The van der Waals surface area contributed by atoms with Crippen LogP contribution >= 0.6 is 0 Å². The number of hydrogen-bond acceptors (Lipinski definition) is 6. The quantitative estimate of drug-likeness (QED) is 0.575. The van der Waals surface area contributed by atoms with Gasteiger partial charge in [-0.25, -0.2) is 0 Å². The smallest absolute Gasteiger partial charge is 0.363 e. The van der Waals surface area contributed by atoms with E-state index >= 15 is 0 Å². The monoisotopic (exact) mass is 233 g/mol. The summed E-state index contributed by atoms with van der Waals surface area (Å²) in [6, 6.07) is 3.18. The Morgan fingerprint density at radius 1 is 1.29 bits per heavy atom. The van der Waals surface area contributed by atoms with Crippen LogP contribution in [0.3, 0.4) is 0 Å². The Morgan fingerprint density at radius 3 is 2.47 bits per heavy atom. The molecule has 0 aromatic carbocycles. The first-order valence-electron chi connectivity index (χ1n) is 5.48. The van der Waals surface area contributed by atoms with Crippen LogP contribution in [0.5, 0.6) is 0 Å². The minimum atomic E-state index is -0.489. The SMILES string of the molecule is O=[N+]([O-])c1ccc(N2CCC3(CC2)N=N3)cn1. The maximum atomic E-state index is 10.5. The molecule has 7 heteroatoms. The number of hydrogen-bond donors (Lipinski definition) is 0. The van der Waals surface area contributed by atoms with Gasteiger partial charge in [0.25, 0.3) is 0 Å². The lowest BCUT2D eigenvalue weighted by Gasteiger charge is -2.30. The van der Waals surface area contributed by atoms with Crippen LogP contribution in [0.4, 0.5) is 11.5 Å². The molecule has 1 aromatic heterocycles. The van der Waals surface area contributed by atoms with Crippen molar-refractivity contribution < 1.29 is 4.92 Å². The molecule has 0 atom stereocenters. The maximum Gasteiger partial charge on any atom is 0.363 e. The second-order valence-electron chi connectivity index (χ2n) is 4.30. The highest BCUT2D eigenvalue weighted by atomic mass is 16.6. The lowest BCUT2D eigenvalue weighted by molar-refractivity contribution is -0.389. The van der Waals surface area contributed by atoms with Gasteiger partial charge in [-0.05, 0) is 16.0 Å². The number of nitro groups is 1. The third kappa shape index (κ3) is 1.83. The number of nitrogens with zero attached hydrogens (tertiary/aromatic N) is 5. The molecule has 2 aliphatic rings. The van der Waals surface area contributed by atoms with Crippen LogP contribution in [0.1, 0.15) is 12.8 Å². The molecule has 0 radical (unpaired) electrons. The molecule has 0 unspecified atom stereocenters. The van der Waals surface area contributed by atoms with Gasteiger partial charge in [-0.3, -0.25) is 0 Å². The minimum Gasteiger partial charge on any atom is -0.368 e. The highest BCUT2D eigenvalue weighted by Gasteiger charge is 2.43. The zero-order valence-electron chi connectivity index (χ0n) is 9.11. The van der Waals surface area contributed by atoms with E-state index in [1.165, 1.54) is 6.07 Å². The van der Waals surface area contributed by atoms with Crippen LogP contribution in [0.2, 0.25) is 0 Å². The highest BCUT2D eigenvalue weighted by Crippen LogP contribution is 2.39. The Morgan fingerprint density at radius 2 is 2.00 bits per heavy atom. The predicted octanol–water partition coefficient (Wildman–Crippen LogP) is 1.75. The third-order valence-corrected chi connectivity index (χ3v) is 3.23. The van der Waals surface area contributed by atoms with Gasteiger partial charge in [-0.15, -0.1) is 0 Å². The van der Waals surface area contributed by atoms with Crippen LogP contribution < -0.4 is 4.90 Å². The third-order valence-electron chi connectivity index (χ3n) is 3.23. The minimum absolute atomic E-state index is 0.0926. The molecule has 0 bridgehead atoms. The van der Waals surface area contributed by atoms with E-state index in [1.54, 1.807) is 12.3 Å². The summed E-state index contributed by atoms with van der Waals surface area (Å²) in [5.41, 5.74) is 0.830. The fraction of sp³-hybridized carbons (Fsp3) is 0.500. The molecule has 0 N–H and O–H groups in total. The Labute approximate surface area is 97.3 Å². The summed E-state index contributed by atoms with van der Waals surface area (Å²) >= 11 is 0. The van der Waals surface area contributed by atoms with E-state index in [-0.39, 0.29) is 11.5 Å². The van der Waals surface area contributed by atoms with E-state index in [0.717, 1.165) is 31.6 Å². The van der Waals surface area contributed by atoms with Gasteiger partial charge in [-0.2, -0.15) is 10.2 Å². The van der Waals surface area contributed by atoms with Crippen molar-refractivity contribution in [3.05, 3.63) is 28.4 Å². The summed E-state index contributed by atoms with van der Waals surface area (Å²) in [5, 5.41) is 18.6. The van der Waals surface area contributed by atoms with E-state index in [9.17, 15) is 10.1 Å². The molecule has 88 valence electrons. The average molecular weight is 233 g/mol. The van der Waals surface area contributed by atoms with Gasteiger partial charge < -0.3 is 15.0 Å². The maximum absolute atomic E-state index is 10.5. The molecule has 0 saturated carbocycles. The van der Waals surface area contributed by atoms with E-state index in [1.807, 2.05) is 0 Å². The highest BCUT2D eigenvalue weighted by molar-refractivity contribution is 5.47. The topological polar surface area (TPSA) is 84.0 Å². The van der Waals surface area contributed by atoms with Gasteiger partial charge >= 0.3 is 5.82 Å². The van der Waals surface area contributed by atoms with Crippen LogP contribution in [-0.4, -0.2) is 28.7 Å². The first kappa shape index (κ1) is 10.1. The summed E-state index contributed by atoms with van der Waals surface area (Å²) in [5.74, 6) is -0.116. The fourth-order valence-electron chi connectivity index (χ4n) is 2.07. The molecule has 1 saturated heterocycles. The molecule has 1 spiro atoms. The van der Waals surface area contributed by atoms with Crippen LogP contribution in [0.15, 0.2) is 28.6 Å². The van der Waals surface area contributed by atoms with Crippen molar-refractivity contribution in [3.8, 4) is 0 Å². The lowest BCUT2D eigenvalue weighted by Crippen LogP contribution is -2.37. The Hall–Kier alpha value is -2.05. The summed E-state index contributed by atoms with van der Waals surface area (Å²) in [4.78, 5) is 16.0. The van der Waals surface area contributed by atoms with Crippen molar-refractivity contribution in [2.45, 2.75) is 18.5 Å². The first-order chi connectivity index (χ1) is 8.19. The van der Waals surface area contributed by atoms with Crippen molar-refractivity contribution >= 4 is 11.5 Å². The molecule has 17 heavy (non-hydrogen) atoms. The molecule has 1 fully saturated rings. The van der Waals surface area contributed by atoms with Gasteiger partial charge in [0, 0.05) is 32.0 Å². The molecule has 3 rings (SSSR count). The van der Waals surface area contributed by atoms with Crippen molar-refractivity contribution in [1.29, 1.82) is 0 Å². The molecule has 2 aliphatic heterocycles. The number of pyridine rings is 1. The number of aromatic nitrogens is 1. The zero-order chi connectivity index (χ0) is 11.9. The van der Waals surface area contributed by atoms with Gasteiger partial charge in [-0.1, -0.05) is 0 Å². The van der Waals surface area contributed by atoms with Crippen molar-refractivity contribution in [3.63, 3.8) is 0 Å². The standard InChI is InChI=1S/C10H11N5O2/c16-15(17)9-2-1-8(7-11-9)14-5-3-10(4-6-14)12-13-10/h1-2,7H,3-6H2. The van der Waals surface area contributed by atoms with Gasteiger partial charge in [0.1, 0.15) is 0 Å². The Balaban J connectivity index is 1.70. The average Bonchev–Trinajstić information content (AvgIpc) is 3.10. The van der Waals surface area contributed by atoms with E-state index in [2.05, 4.69) is 20.1 Å². The van der Waals surface area contributed by atoms with Crippen LogP contribution in [-0.2, 0) is 0 Å². The molecular weight excluding hydrogens is 222 g/mol. The fourth-order valence-corrected chi connectivity index (χ4v) is 2.07. The summed E-state index contributed by atoms with van der Waals surface area (Å²) < 4.78 is 0. The summed E-state index contributed by atoms with van der Waals surface area (Å²) in [7, 11) is 0. The molecule has 0 amide bonds. The Bertz CT molecular complexity index is 468. The van der Waals surface area contributed by atoms with Crippen molar-refractivity contribution in [2.75, 3.05) is 18.0 Å². The van der Waals surface area contributed by atoms with Gasteiger partial charge in [0.05, 0.1) is 5.69 Å². The van der Waals surface area contributed by atoms with E-state index in [0.29, 0.717) is 0 Å². The molecule has 1 aromatic rings. The Kier molecular flexibility index (Phi) is 2.07. The number of rotatable bonds is 2. The second kappa shape index (κ2) is 3.47. The van der Waals surface area contributed by atoms with E-state index < -0.39 is 4.92 Å². The molecular formula is C10H11N5O2. The molecule has 7 nitrogen and oxygen atoms in total. The lowest BCUT2D eigenvalue weighted by atomic mass is 10.0. The second-order valence-corrected chi connectivity index (χ2v) is 4.30. The number of piperidine rings is 1. The number of anilines is 1. The molecule has 0 aliphatic carbocycles. The van der Waals surface area contributed by atoms with Crippen molar-refractivity contribution in [1.82, 2.24) is 4.98 Å². The van der Waals surface area contributed by atoms with Crippen LogP contribution in [0.25, 0.3) is 0 Å². The van der Waals surface area contributed by atoms with Crippen molar-refractivity contribution in [2.24, 2.45) is 10.2 Å². The largest absolute Gasteiger partial charge is 0.368 e. The van der Waals surface area contributed by atoms with Crippen LogP contribution in [0, 0.1) is 10.1 Å². The van der Waals surface area contributed by atoms with E-state index in [4.69, 9.17) is 0 Å². The zero-order valence-corrected chi connectivity index (χ0v) is 9.11. The molecule has 3 heterocycles. The summed E-state index contributed by atoms with van der Waals surface area (Å²) in [6.07, 6.45) is 3.39. The predicted molar refractivity (Wildman–Crippen MR) is 59.9 cm³/mol. The van der Waals surface area contributed by atoms with Gasteiger partial charge in [0.15, 0.2) is 11.9 Å². The first-order valence-corrected chi connectivity index (χ1v) is 5.48.